The molecule has 0 aliphatic rings. The van der Waals surface area contributed by atoms with Crippen LogP contribution in [0.15, 0.2) is 60.7 Å². The van der Waals surface area contributed by atoms with Gasteiger partial charge in [0.05, 0.1) is 24.3 Å². The number of hydrogen-bond donors (Lipinski definition) is 0. The summed E-state index contributed by atoms with van der Waals surface area (Å²) in [6, 6.07) is 16.0. The van der Waals surface area contributed by atoms with Crippen molar-refractivity contribution in [2.45, 2.75) is 12.8 Å². The van der Waals surface area contributed by atoms with E-state index in [-0.39, 0.29) is 24.3 Å². The molecule has 0 atom stereocenters. The van der Waals surface area contributed by atoms with Crippen molar-refractivity contribution in [3.63, 3.8) is 0 Å². The molecule has 0 bridgehead atoms. The molecule has 0 aliphatic carbocycles. The summed E-state index contributed by atoms with van der Waals surface area (Å²) >= 11 is 0. The van der Waals surface area contributed by atoms with Gasteiger partial charge in [0.25, 0.3) is 0 Å². The van der Waals surface area contributed by atoms with Gasteiger partial charge in [-0.05, 0) is 37.1 Å². The Hall–Kier alpha value is -3.68. The Morgan fingerprint density at radius 2 is 0.929 bits per heavy atom. The summed E-state index contributed by atoms with van der Waals surface area (Å²) in [7, 11) is 0. The largest absolute Gasteiger partial charge is 0.516 e. The number of hydrogen-bond acceptors (Lipinski definition) is 8. The van der Waals surface area contributed by atoms with E-state index in [0.29, 0.717) is 12.8 Å². The SMILES string of the molecule is O=C(OCCCCOC(=O)OC(=O)c1ccccc1)OC(=O)c1ccccc1. The first-order valence-electron chi connectivity index (χ1n) is 8.44. The van der Waals surface area contributed by atoms with Gasteiger partial charge >= 0.3 is 24.2 Å². The number of unbranched alkanes of at least 4 members (excludes halogenated alkanes) is 1. The van der Waals surface area contributed by atoms with Crippen LogP contribution >= 0.6 is 0 Å². The molecule has 28 heavy (non-hydrogen) atoms. The van der Waals surface area contributed by atoms with Crippen LogP contribution in [0.5, 0.6) is 0 Å². The van der Waals surface area contributed by atoms with Crippen molar-refractivity contribution in [2.24, 2.45) is 0 Å². The molecular weight excluding hydrogens is 368 g/mol. The fraction of sp³-hybridized carbons (Fsp3) is 0.200. The van der Waals surface area contributed by atoms with Gasteiger partial charge in [0.2, 0.25) is 0 Å². The number of benzene rings is 2. The van der Waals surface area contributed by atoms with Crippen molar-refractivity contribution in [3.8, 4) is 0 Å². The Morgan fingerprint density at radius 1 is 0.571 bits per heavy atom. The van der Waals surface area contributed by atoms with Crippen LogP contribution in [0.1, 0.15) is 33.6 Å². The molecule has 0 saturated carbocycles. The van der Waals surface area contributed by atoms with Crippen LogP contribution in [0.4, 0.5) is 9.59 Å². The highest BCUT2D eigenvalue weighted by molar-refractivity contribution is 5.95. The molecule has 0 fully saturated rings. The summed E-state index contributed by atoms with van der Waals surface area (Å²) in [4.78, 5) is 46.1. The van der Waals surface area contributed by atoms with Crippen LogP contribution in [-0.4, -0.2) is 37.5 Å². The molecule has 2 aromatic rings. The van der Waals surface area contributed by atoms with Crippen molar-refractivity contribution in [1.29, 1.82) is 0 Å². The zero-order valence-electron chi connectivity index (χ0n) is 14.9. The average molecular weight is 386 g/mol. The summed E-state index contributed by atoms with van der Waals surface area (Å²) in [6.07, 6.45) is -1.51. The molecule has 0 N–H and O–H groups in total. The average Bonchev–Trinajstić information content (AvgIpc) is 2.71. The van der Waals surface area contributed by atoms with Crippen molar-refractivity contribution < 1.29 is 38.1 Å². The third-order valence-electron chi connectivity index (χ3n) is 3.35. The zero-order chi connectivity index (χ0) is 20.2. The van der Waals surface area contributed by atoms with Crippen LogP contribution < -0.4 is 0 Å². The maximum absolute atomic E-state index is 11.6. The van der Waals surface area contributed by atoms with Crippen molar-refractivity contribution >= 4 is 24.2 Å². The van der Waals surface area contributed by atoms with E-state index in [1.54, 1.807) is 36.4 Å². The van der Waals surface area contributed by atoms with Gasteiger partial charge in [-0.2, -0.15) is 0 Å². The standard InChI is InChI=1S/C20H18O8/c21-17(15-9-3-1-4-10-15)27-19(23)25-13-7-8-14-26-20(24)28-18(22)16-11-5-2-6-12-16/h1-6,9-12H,7-8,13-14H2. The van der Waals surface area contributed by atoms with Crippen LogP contribution in [0.3, 0.4) is 0 Å². The van der Waals surface area contributed by atoms with E-state index in [1.807, 2.05) is 0 Å². The fourth-order valence-electron chi connectivity index (χ4n) is 1.99. The molecule has 8 heteroatoms. The zero-order valence-corrected chi connectivity index (χ0v) is 14.9. The summed E-state index contributed by atoms with van der Waals surface area (Å²) in [5.41, 5.74) is 0.466. The molecule has 0 heterocycles. The number of carbonyl (C=O) groups is 4. The fourth-order valence-corrected chi connectivity index (χ4v) is 1.99. The predicted octanol–water partition coefficient (Wildman–Crippen LogP) is 3.75. The highest BCUT2D eigenvalue weighted by atomic mass is 16.7. The van der Waals surface area contributed by atoms with E-state index < -0.39 is 24.2 Å². The van der Waals surface area contributed by atoms with E-state index in [1.165, 1.54) is 24.3 Å². The molecule has 2 aromatic carbocycles. The third-order valence-corrected chi connectivity index (χ3v) is 3.35. The molecule has 0 aromatic heterocycles. The Balaban J connectivity index is 1.54. The van der Waals surface area contributed by atoms with Crippen molar-refractivity contribution in [2.75, 3.05) is 13.2 Å². The minimum atomic E-state index is -1.11. The number of rotatable bonds is 7. The lowest BCUT2D eigenvalue weighted by atomic mass is 10.2. The lowest BCUT2D eigenvalue weighted by molar-refractivity contribution is 0.0319. The Morgan fingerprint density at radius 3 is 1.29 bits per heavy atom. The first-order valence-corrected chi connectivity index (χ1v) is 8.44. The summed E-state index contributed by atoms with van der Waals surface area (Å²) in [6.45, 7) is -0.0511. The van der Waals surface area contributed by atoms with E-state index >= 15 is 0 Å². The van der Waals surface area contributed by atoms with E-state index in [2.05, 4.69) is 9.47 Å². The number of carbonyl (C=O) groups excluding carboxylic acids is 4. The van der Waals surface area contributed by atoms with Gasteiger partial charge in [0, 0.05) is 0 Å². The molecule has 0 aliphatic heterocycles. The molecular formula is C20H18O8. The highest BCUT2D eigenvalue weighted by Gasteiger charge is 2.15. The topological polar surface area (TPSA) is 105 Å². The maximum atomic E-state index is 11.6. The molecule has 0 saturated heterocycles. The van der Waals surface area contributed by atoms with Gasteiger partial charge in [0.1, 0.15) is 0 Å². The summed E-state index contributed by atoms with van der Waals surface area (Å²) < 4.78 is 18.6. The highest BCUT2D eigenvalue weighted by Crippen LogP contribution is 2.04. The Labute approximate surface area is 161 Å². The second kappa shape index (κ2) is 11.1. The van der Waals surface area contributed by atoms with Crippen molar-refractivity contribution in [1.82, 2.24) is 0 Å². The molecule has 0 radical (unpaired) electrons. The lowest BCUT2D eigenvalue weighted by Gasteiger charge is -2.06. The molecule has 0 unspecified atom stereocenters. The van der Waals surface area contributed by atoms with E-state index in [9.17, 15) is 19.2 Å². The van der Waals surface area contributed by atoms with Crippen LogP contribution in [-0.2, 0) is 18.9 Å². The predicted molar refractivity (Wildman–Crippen MR) is 95.6 cm³/mol. The summed E-state index contributed by atoms with van der Waals surface area (Å²) in [5.74, 6) is -1.61. The minimum absolute atomic E-state index is 0.0255. The normalized spacial score (nSPS) is 9.86. The maximum Gasteiger partial charge on any atom is 0.516 e. The number of esters is 2. The molecule has 8 nitrogen and oxygen atoms in total. The van der Waals surface area contributed by atoms with Crippen molar-refractivity contribution in [3.05, 3.63) is 71.8 Å². The van der Waals surface area contributed by atoms with Gasteiger partial charge in [-0.1, -0.05) is 36.4 Å². The van der Waals surface area contributed by atoms with E-state index in [4.69, 9.17) is 9.47 Å². The smallest absolute Gasteiger partial charge is 0.434 e. The molecule has 0 spiro atoms. The van der Waals surface area contributed by atoms with Gasteiger partial charge in [-0.15, -0.1) is 0 Å². The number of ether oxygens (including phenoxy) is 4. The Kier molecular flexibility index (Phi) is 8.19. The van der Waals surface area contributed by atoms with Gasteiger partial charge in [0.15, 0.2) is 0 Å². The monoisotopic (exact) mass is 386 g/mol. The van der Waals surface area contributed by atoms with Gasteiger partial charge < -0.3 is 18.9 Å². The quantitative estimate of drug-likeness (QED) is 0.402. The van der Waals surface area contributed by atoms with Gasteiger partial charge in [-0.3, -0.25) is 0 Å². The molecule has 146 valence electrons. The minimum Gasteiger partial charge on any atom is -0.434 e. The second-order valence-electron chi connectivity index (χ2n) is 5.42. The second-order valence-corrected chi connectivity index (χ2v) is 5.42. The molecule has 0 amide bonds. The first-order chi connectivity index (χ1) is 13.6. The first kappa shape index (κ1) is 20.6. The third kappa shape index (κ3) is 7.28. The summed E-state index contributed by atoms with van der Waals surface area (Å²) in [5, 5.41) is 0. The van der Waals surface area contributed by atoms with Crippen LogP contribution in [0.2, 0.25) is 0 Å². The van der Waals surface area contributed by atoms with Crippen LogP contribution in [0.25, 0.3) is 0 Å². The molecule has 2 rings (SSSR count). The lowest BCUT2D eigenvalue weighted by Crippen LogP contribution is -2.16. The Bertz CT molecular complexity index is 732. The van der Waals surface area contributed by atoms with Crippen LogP contribution in [0, 0.1) is 0 Å². The van der Waals surface area contributed by atoms with Gasteiger partial charge in [-0.25, -0.2) is 19.2 Å². The van der Waals surface area contributed by atoms with E-state index in [0.717, 1.165) is 0 Å².